The molecule has 0 aliphatic heterocycles. The molecule has 0 unspecified atom stereocenters. The first kappa shape index (κ1) is 24.1. The van der Waals surface area contributed by atoms with Crippen LogP contribution < -0.4 is 29.6 Å². The molecule has 1 rings (SSSR count). The van der Waals surface area contributed by atoms with Gasteiger partial charge in [0.25, 0.3) is 10.1 Å². The molecule has 3 nitrogen and oxygen atoms in total. The molecule has 24 heavy (non-hydrogen) atoms. The Morgan fingerprint density at radius 2 is 1.42 bits per heavy atom. The van der Waals surface area contributed by atoms with Crippen LogP contribution in [0.3, 0.4) is 0 Å². The van der Waals surface area contributed by atoms with Gasteiger partial charge in [0, 0.05) is 0 Å². The van der Waals surface area contributed by atoms with Gasteiger partial charge in [0.05, 0.1) is 4.90 Å². The van der Waals surface area contributed by atoms with E-state index in [0.29, 0.717) is 6.42 Å². The molecule has 0 saturated carbocycles. The number of benzene rings is 1. The zero-order chi connectivity index (χ0) is 17.1. The minimum atomic E-state index is -4.11. The second-order valence-corrected chi connectivity index (χ2v) is 7.91. The Bertz CT molecular complexity index is 562. The van der Waals surface area contributed by atoms with Crippen LogP contribution in [0.25, 0.3) is 0 Å². The van der Waals surface area contributed by atoms with Crippen LogP contribution in [-0.4, -0.2) is 13.0 Å². The van der Waals surface area contributed by atoms with Crippen LogP contribution in [-0.2, 0) is 16.5 Å². The van der Waals surface area contributed by atoms with Crippen molar-refractivity contribution in [3.05, 3.63) is 29.3 Å². The van der Waals surface area contributed by atoms with Crippen molar-refractivity contribution in [3.8, 4) is 0 Å². The molecule has 134 valence electrons. The number of hydrogen-bond acceptors (Lipinski definition) is 2. The van der Waals surface area contributed by atoms with Crippen molar-refractivity contribution in [2.45, 2.75) is 89.4 Å². The van der Waals surface area contributed by atoms with E-state index in [0.717, 1.165) is 24.0 Å². The summed E-state index contributed by atoms with van der Waals surface area (Å²) in [4.78, 5) is 0.0685. The molecule has 0 aliphatic rings. The minimum Gasteiger partial charge on any atom is -1.00 e. The van der Waals surface area contributed by atoms with E-state index in [1.807, 2.05) is 13.0 Å². The zero-order valence-electron chi connectivity index (χ0n) is 16.7. The molecule has 5 heteroatoms. The van der Waals surface area contributed by atoms with Crippen LogP contribution in [0.5, 0.6) is 0 Å². The molecule has 0 amide bonds. The van der Waals surface area contributed by atoms with Gasteiger partial charge in [-0.15, -0.1) is 0 Å². The third-order valence-electron chi connectivity index (χ3n) is 4.29. The van der Waals surface area contributed by atoms with E-state index < -0.39 is 10.1 Å². The quantitative estimate of drug-likeness (QED) is 0.352. The van der Waals surface area contributed by atoms with Gasteiger partial charge in [0.1, 0.15) is 0 Å². The molecule has 0 aliphatic carbocycles. The van der Waals surface area contributed by atoms with Gasteiger partial charge < -0.3 is 1.43 Å². The normalized spacial score (nSPS) is 11.3. The van der Waals surface area contributed by atoms with Crippen molar-refractivity contribution in [1.82, 2.24) is 0 Å². The Labute approximate surface area is 172 Å². The van der Waals surface area contributed by atoms with Crippen molar-refractivity contribution in [2.75, 3.05) is 0 Å². The van der Waals surface area contributed by atoms with Crippen LogP contribution in [0.2, 0.25) is 0 Å². The van der Waals surface area contributed by atoms with Gasteiger partial charge in [-0.1, -0.05) is 82.4 Å². The average Bonchev–Trinajstić information content (AvgIpc) is 2.48. The summed E-state index contributed by atoms with van der Waals surface area (Å²) in [6, 6.07) is 5.11. The molecular formula is C19H33NaO3S. The second kappa shape index (κ2) is 13.3. The maximum absolute atomic E-state index is 11.4. The third kappa shape index (κ3) is 10.2. The van der Waals surface area contributed by atoms with E-state index in [4.69, 9.17) is 0 Å². The monoisotopic (exact) mass is 364 g/mol. The van der Waals surface area contributed by atoms with E-state index in [1.165, 1.54) is 57.4 Å². The fraction of sp³-hybridized carbons (Fsp3) is 0.684. The molecule has 1 aromatic carbocycles. The summed E-state index contributed by atoms with van der Waals surface area (Å²) < 4.78 is 32.1. The average molecular weight is 365 g/mol. The SMILES string of the molecule is CCCCCCCCCCCCc1cc(C)ccc1S(=O)(=O)O.[H-].[Na+]. The van der Waals surface area contributed by atoms with E-state index in [-0.39, 0.29) is 35.9 Å². The van der Waals surface area contributed by atoms with Crippen LogP contribution in [0.1, 0.15) is 83.7 Å². The Balaban J connectivity index is 0. The zero-order valence-corrected chi connectivity index (χ0v) is 18.5. The summed E-state index contributed by atoms with van der Waals surface area (Å²) in [5.41, 5.74) is 1.77. The van der Waals surface area contributed by atoms with E-state index in [9.17, 15) is 13.0 Å². The number of aryl methyl sites for hydroxylation is 2. The summed E-state index contributed by atoms with van der Waals surface area (Å²) in [7, 11) is -4.11. The van der Waals surface area contributed by atoms with Crippen LogP contribution >= 0.6 is 0 Å². The standard InChI is InChI=1S/C19H32O3S.Na.H/c1-3-4-5-6-7-8-9-10-11-12-13-18-16-17(2)14-15-19(18)23(20,21)22;;/h14-16H,3-13H2,1-2H3,(H,20,21,22);;/q;+1;-1. The van der Waals surface area contributed by atoms with Gasteiger partial charge >= 0.3 is 29.6 Å². The summed E-state index contributed by atoms with van der Waals surface area (Å²) in [5, 5.41) is 0. The molecule has 0 fully saturated rings. The van der Waals surface area contributed by atoms with Gasteiger partial charge in [-0.3, -0.25) is 4.55 Å². The predicted octanol–water partition coefficient (Wildman–Crippen LogP) is 2.82. The predicted molar refractivity (Wildman–Crippen MR) is 97.7 cm³/mol. The molecule has 1 aromatic rings. The molecule has 0 aromatic heterocycles. The molecule has 0 atom stereocenters. The van der Waals surface area contributed by atoms with Gasteiger partial charge in [0.15, 0.2) is 0 Å². The first-order valence-corrected chi connectivity index (χ1v) is 10.5. The molecule has 0 saturated heterocycles. The first-order valence-electron chi connectivity index (χ1n) is 9.02. The van der Waals surface area contributed by atoms with Crippen molar-refractivity contribution >= 4 is 10.1 Å². The fourth-order valence-corrected chi connectivity index (χ4v) is 3.69. The molecule has 0 heterocycles. The first-order chi connectivity index (χ1) is 10.9. The minimum absolute atomic E-state index is 0. The Morgan fingerprint density at radius 3 is 1.92 bits per heavy atom. The maximum atomic E-state index is 11.4. The Hall–Kier alpha value is 0.130. The van der Waals surface area contributed by atoms with Crippen LogP contribution in [0, 0.1) is 6.92 Å². The summed E-state index contributed by atoms with van der Waals surface area (Å²) in [6.07, 6.45) is 13.3. The number of rotatable bonds is 12. The van der Waals surface area contributed by atoms with Gasteiger partial charge in [-0.25, -0.2) is 0 Å². The maximum Gasteiger partial charge on any atom is 1.00 e. The summed E-state index contributed by atoms with van der Waals surface area (Å²) >= 11 is 0. The summed E-state index contributed by atoms with van der Waals surface area (Å²) in [6.45, 7) is 4.18. The molecule has 0 spiro atoms. The molecule has 0 bridgehead atoms. The number of hydrogen-bond donors (Lipinski definition) is 1. The van der Waals surface area contributed by atoms with Crippen LogP contribution in [0.4, 0.5) is 0 Å². The second-order valence-electron chi connectivity index (χ2n) is 6.52. The third-order valence-corrected chi connectivity index (χ3v) is 5.25. The van der Waals surface area contributed by atoms with Crippen molar-refractivity contribution in [2.24, 2.45) is 0 Å². The molecule has 0 radical (unpaired) electrons. The van der Waals surface area contributed by atoms with E-state index in [2.05, 4.69) is 6.92 Å². The van der Waals surface area contributed by atoms with Crippen molar-refractivity contribution in [1.29, 1.82) is 0 Å². The fourth-order valence-electron chi connectivity index (χ4n) is 2.96. The molecular weight excluding hydrogens is 331 g/mol. The van der Waals surface area contributed by atoms with E-state index in [1.54, 1.807) is 6.07 Å². The largest absolute Gasteiger partial charge is 1.00 e. The van der Waals surface area contributed by atoms with Crippen LogP contribution in [0.15, 0.2) is 23.1 Å². The molecule has 1 N–H and O–H groups in total. The smallest absolute Gasteiger partial charge is 1.00 e. The van der Waals surface area contributed by atoms with E-state index >= 15 is 0 Å². The van der Waals surface area contributed by atoms with Crippen molar-refractivity contribution < 1.29 is 44.0 Å². The summed E-state index contributed by atoms with van der Waals surface area (Å²) in [5.74, 6) is 0. The van der Waals surface area contributed by atoms with Gasteiger partial charge in [0.2, 0.25) is 0 Å². The topological polar surface area (TPSA) is 54.4 Å². The van der Waals surface area contributed by atoms with Gasteiger partial charge in [-0.2, -0.15) is 8.42 Å². The Kier molecular flexibility index (Phi) is 13.4. The van der Waals surface area contributed by atoms with Gasteiger partial charge in [-0.05, 0) is 31.4 Å². The Morgan fingerprint density at radius 1 is 0.917 bits per heavy atom. The van der Waals surface area contributed by atoms with Crippen molar-refractivity contribution in [3.63, 3.8) is 0 Å². The number of unbranched alkanes of at least 4 members (excludes halogenated alkanes) is 9.